The van der Waals surface area contributed by atoms with Gasteiger partial charge < -0.3 is 29.6 Å². The van der Waals surface area contributed by atoms with Crippen molar-refractivity contribution in [2.45, 2.75) is 37.5 Å². The second-order valence-corrected chi connectivity index (χ2v) is 13.5. The van der Waals surface area contributed by atoms with E-state index in [1.165, 1.54) is 13.0 Å². The molecule has 0 saturated heterocycles. The number of nitro groups is 2. The van der Waals surface area contributed by atoms with Gasteiger partial charge in [-0.1, -0.05) is 11.6 Å². The van der Waals surface area contributed by atoms with Gasteiger partial charge in [-0.2, -0.15) is 23.4 Å². The molecule has 0 bridgehead atoms. The van der Waals surface area contributed by atoms with Crippen LogP contribution in [0.15, 0.2) is 40.1 Å². The highest BCUT2D eigenvalue weighted by molar-refractivity contribution is 8.19. The van der Waals surface area contributed by atoms with Crippen LogP contribution in [0.1, 0.15) is 22.3 Å². The number of hydrogen-bond acceptors (Lipinski definition) is 15. The van der Waals surface area contributed by atoms with Crippen LogP contribution in [0.4, 0.5) is 46.0 Å². The zero-order chi connectivity index (χ0) is 35.2. The van der Waals surface area contributed by atoms with Crippen LogP contribution in [0, 0.1) is 47.9 Å². The summed E-state index contributed by atoms with van der Waals surface area (Å²) in [6.45, 7) is 6.61. The van der Waals surface area contributed by atoms with Crippen LogP contribution in [0.3, 0.4) is 0 Å². The van der Waals surface area contributed by atoms with Crippen LogP contribution in [0.2, 0.25) is 10.3 Å². The maximum Gasteiger partial charge on any atom is 0.299 e. The molecule has 250 valence electrons. The molecule has 0 aliphatic rings. The molecule has 0 unspecified atom stereocenters. The topological polar surface area (TPSA) is 276 Å². The van der Waals surface area contributed by atoms with E-state index in [2.05, 4.69) is 30.9 Å². The molecule has 22 heteroatoms. The van der Waals surface area contributed by atoms with E-state index in [9.17, 15) is 46.9 Å². The van der Waals surface area contributed by atoms with Crippen LogP contribution < -0.4 is 16.0 Å². The highest BCUT2D eigenvalue weighted by Gasteiger charge is 2.28. The van der Waals surface area contributed by atoms with Crippen LogP contribution in [0.5, 0.6) is 0 Å². The first-order valence-corrected chi connectivity index (χ1v) is 16.5. The minimum Gasteiger partial charge on any atom is -0.350 e. The third-order valence-corrected chi connectivity index (χ3v) is 9.44. The highest BCUT2D eigenvalue weighted by atomic mass is 35.5. The smallest absolute Gasteiger partial charge is 0.299 e. The lowest BCUT2D eigenvalue weighted by atomic mass is 9.98. The monoisotopic (exact) mass is 730 g/mol. The van der Waals surface area contributed by atoms with E-state index in [-0.39, 0.29) is 44.7 Å². The minimum atomic E-state index is -4.97. The summed E-state index contributed by atoms with van der Waals surface area (Å²) in [5.74, 6) is -0.474. The summed E-state index contributed by atoms with van der Waals surface area (Å²) in [7, 11) is -9.08. The van der Waals surface area contributed by atoms with Crippen molar-refractivity contribution in [2.75, 3.05) is 16.0 Å². The molecule has 0 aliphatic carbocycles. The van der Waals surface area contributed by atoms with Crippen LogP contribution in [-0.2, 0) is 10.1 Å². The number of anilines is 6. The number of hydrogen-bond donors (Lipinski definition) is 7. The predicted octanol–water partition coefficient (Wildman–Crippen LogP) is 7.29. The number of nitrogens with zero attached hydrogens (tertiary/aromatic N) is 5. The Labute approximate surface area is 277 Å². The van der Waals surface area contributed by atoms with Gasteiger partial charge in [0.25, 0.3) is 21.5 Å². The van der Waals surface area contributed by atoms with Gasteiger partial charge in [0.1, 0.15) is 26.5 Å². The van der Waals surface area contributed by atoms with Crippen molar-refractivity contribution in [1.82, 2.24) is 15.0 Å². The van der Waals surface area contributed by atoms with Crippen LogP contribution >= 0.6 is 34.1 Å². The van der Waals surface area contributed by atoms with Crippen molar-refractivity contribution in [3.63, 3.8) is 0 Å². The average molecular weight is 732 g/mol. The molecule has 0 spiro atoms. The lowest BCUT2D eigenvalue weighted by Gasteiger charge is -2.28. The molecular weight excluding hydrogens is 707 g/mol. The molecule has 1 aromatic heterocycles. The first-order valence-electron chi connectivity index (χ1n) is 12.8. The maximum atomic E-state index is 12.4. The SMILES string of the molecule is Cc1c(C)c(Nc2nc(Cl)nc(Nc3ccc(Nc4cc(Cl)c([N+](=O)[O-])cc4[N+](=O)[O-])cc3S(=O)(=O)O)n2)c(C)c(S(O)(O)O)c1C. The fourth-order valence-corrected chi connectivity index (χ4v) is 6.76. The quantitative estimate of drug-likeness (QED) is 0.0479. The minimum absolute atomic E-state index is 0.0885. The summed E-state index contributed by atoms with van der Waals surface area (Å²) in [6, 6.07) is 4.88. The number of nitro benzene ring substituents is 2. The van der Waals surface area contributed by atoms with Crippen molar-refractivity contribution >= 4 is 90.2 Å². The second-order valence-electron chi connectivity index (χ2n) is 9.87. The van der Waals surface area contributed by atoms with Gasteiger partial charge >= 0.3 is 0 Å². The van der Waals surface area contributed by atoms with Crippen molar-refractivity contribution < 1.29 is 36.5 Å². The standard InChI is InChI=1S/C25H24Cl2N8O10S2/c1-10-11(2)21(13(4)22(12(10)3)47(43,44)45)30-25-32-23(27)31-24(33-25)29-16-6-5-14(7-20(16)46(40,41)42)28-17-8-15(26)18(34(36)37)9-19(17)35(38)39/h5-9,28,43-45H,1-4H3,(H,40,41,42)(H2,29,30,31,32,33). The van der Waals surface area contributed by atoms with E-state index in [0.29, 0.717) is 28.4 Å². The highest BCUT2D eigenvalue weighted by Crippen LogP contribution is 2.51. The van der Waals surface area contributed by atoms with Gasteiger partial charge in [-0.3, -0.25) is 24.8 Å². The normalized spacial score (nSPS) is 12.0. The van der Waals surface area contributed by atoms with E-state index >= 15 is 0 Å². The van der Waals surface area contributed by atoms with Gasteiger partial charge in [0, 0.05) is 11.4 Å². The second kappa shape index (κ2) is 13.0. The molecule has 0 aliphatic heterocycles. The Balaban J connectivity index is 1.73. The molecule has 0 fully saturated rings. The van der Waals surface area contributed by atoms with Gasteiger partial charge in [0.05, 0.1) is 26.5 Å². The lowest BCUT2D eigenvalue weighted by molar-refractivity contribution is -0.393. The Morgan fingerprint density at radius 3 is 1.87 bits per heavy atom. The van der Waals surface area contributed by atoms with Gasteiger partial charge in [-0.25, -0.2) is 0 Å². The summed E-state index contributed by atoms with van der Waals surface area (Å²) >= 11 is 12.0. The third-order valence-electron chi connectivity index (χ3n) is 6.92. The Morgan fingerprint density at radius 2 is 1.32 bits per heavy atom. The maximum absolute atomic E-state index is 12.4. The number of aromatic nitrogens is 3. The molecule has 4 rings (SSSR count). The molecule has 4 aromatic rings. The summed E-state index contributed by atoms with van der Waals surface area (Å²) in [5, 5.41) is 30.0. The van der Waals surface area contributed by atoms with Crippen LogP contribution in [-0.4, -0.2) is 51.4 Å². The summed E-state index contributed by atoms with van der Waals surface area (Å²) in [6.07, 6.45) is 0. The van der Waals surface area contributed by atoms with E-state index < -0.39 is 52.1 Å². The lowest BCUT2D eigenvalue weighted by Crippen LogP contribution is -2.11. The molecule has 0 atom stereocenters. The van der Waals surface area contributed by atoms with E-state index in [1.54, 1.807) is 20.8 Å². The molecule has 0 saturated carbocycles. The molecule has 0 amide bonds. The Bertz CT molecular complexity index is 2080. The fourth-order valence-electron chi connectivity index (χ4n) is 4.62. The number of halogens is 2. The molecule has 47 heavy (non-hydrogen) atoms. The third kappa shape index (κ3) is 7.60. The summed E-state index contributed by atoms with van der Waals surface area (Å²) < 4.78 is 64.8. The fraction of sp³-hybridized carbons (Fsp3) is 0.160. The molecule has 18 nitrogen and oxygen atoms in total. The number of rotatable bonds is 10. The zero-order valence-corrected chi connectivity index (χ0v) is 27.6. The first kappa shape index (κ1) is 35.4. The molecule has 7 N–H and O–H groups in total. The Kier molecular flexibility index (Phi) is 9.81. The average Bonchev–Trinajstić information content (AvgIpc) is 2.93. The van der Waals surface area contributed by atoms with E-state index in [0.717, 1.165) is 18.2 Å². The van der Waals surface area contributed by atoms with E-state index in [1.807, 2.05) is 0 Å². The first-order chi connectivity index (χ1) is 21.7. The van der Waals surface area contributed by atoms with Gasteiger partial charge in [0.15, 0.2) is 0 Å². The molecular formula is C25H24Cl2N8O10S2. The van der Waals surface area contributed by atoms with Gasteiger partial charge in [0.2, 0.25) is 17.2 Å². The Morgan fingerprint density at radius 1 is 0.723 bits per heavy atom. The van der Waals surface area contributed by atoms with Crippen molar-refractivity contribution in [1.29, 1.82) is 0 Å². The summed E-state index contributed by atoms with van der Waals surface area (Å²) in [4.78, 5) is 32.2. The van der Waals surface area contributed by atoms with Crippen molar-refractivity contribution in [2.24, 2.45) is 0 Å². The van der Waals surface area contributed by atoms with Gasteiger partial charge in [-0.15, -0.1) is 0 Å². The zero-order valence-electron chi connectivity index (χ0n) is 24.4. The van der Waals surface area contributed by atoms with Crippen molar-refractivity contribution in [3.05, 3.63) is 83.1 Å². The number of benzene rings is 3. The van der Waals surface area contributed by atoms with Crippen molar-refractivity contribution in [3.8, 4) is 0 Å². The molecule has 1 heterocycles. The Hall–Kier alpha value is -4.41. The molecule has 3 aromatic carbocycles. The van der Waals surface area contributed by atoms with Gasteiger partial charge in [-0.05, 0) is 85.8 Å². The largest absolute Gasteiger partial charge is 0.350 e. The number of nitrogens with one attached hydrogen (secondary N) is 3. The summed E-state index contributed by atoms with van der Waals surface area (Å²) in [5.41, 5.74) is 0.224. The van der Waals surface area contributed by atoms with E-state index in [4.69, 9.17) is 23.2 Å². The van der Waals surface area contributed by atoms with Crippen LogP contribution in [0.25, 0.3) is 0 Å². The molecule has 0 radical (unpaired) electrons. The predicted molar refractivity (Wildman–Crippen MR) is 175 cm³/mol.